The van der Waals surface area contributed by atoms with E-state index in [1.807, 2.05) is 12.4 Å². The molecule has 0 aliphatic carbocycles. The van der Waals surface area contributed by atoms with E-state index in [-0.39, 0.29) is 17.9 Å². The van der Waals surface area contributed by atoms with Crippen LogP contribution in [0.2, 0.25) is 0 Å². The Kier molecular flexibility index (Phi) is 4.36. The number of hydrogen-bond acceptors (Lipinski definition) is 3. The van der Waals surface area contributed by atoms with E-state index in [1.54, 1.807) is 0 Å². The molecule has 5 nitrogen and oxygen atoms in total. The molecule has 18 heavy (non-hydrogen) atoms. The molecule has 0 saturated carbocycles. The first-order valence-electron chi connectivity index (χ1n) is 6.75. The zero-order valence-corrected chi connectivity index (χ0v) is 10.9. The number of piperidine rings is 1. The molecule has 0 radical (unpaired) electrons. The molecule has 1 fully saturated rings. The van der Waals surface area contributed by atoms with Crippen molar-refractivity contribution in [2.24, 2.45) is 11.7 Å². The summed E-state index contributed by atoms with van der Waals surface area (Å²) in [6, 6.07) is 0.134. The number of amides is 1. The second-order valence-corrected chi connectivity index (χ2v) is 4.95. The van der Waals surface area contributed by atoms with Crippen LogP contribution in [0.15, 0.2) is 12.4 Å². The Labute approximate surface area is 108 Å². The number of aryl methyl sites for hydroxylation is 1. The summed E-state index contributed by atoms with van der Waals surface area (Å²) in [7, 11) is 0. The summed E-state index contributed by atoms with van der Waals surface area (Å²) in [5.41, 5.74) is 5.48. The van der Waals surface area contributed by atoms with Crippen molar-refractivity contribution in [1.29, 1.82) is 0 Å². The minimum Gasteiger partial charge on any atom is -0.369 e. The number of nitrogens with one attached hydrogen (secondary N) is 1. The van der Waals surface area contributed by atoms with Crippen LogP contribution in [0.3, 0.4) is 0 Å². The number of aromatic nitrogens is 2. The molecule has 0 spiro atoms. The van der Waals surface area contributed by atoms with Crippen molar-refractivity contribution in [3.8, 4) is 0 Å². The second-order valence-electron chi connectivity index (χ2n) is 4.95. The zero-order chi connectivity index (χ0) is 13.0. The smallest absolute Gasteiger partial charge is 0.222 e. The number of carbonyl (C=O) groups excluding carboxylic acids is 1. The fourth-order valence-corrected chi connectivity index (χ4v) is 2.68. The van der Waals surface area contributed by atoms with Crippen LogP contribution in [0.5, 0.6) is 0 Å². The standard InChI is InChI=1S/C13H22N4O/c1-2-7-17-8-6-16-12(17)9-11-10(13(14)18)4-3-5-15-11/h6,8,10-11,15H,2-5,7,9H2,1H3,(H2,14,18). The van der Waals surface area contributed by atoms with Crippen molar-refractivity contribution in [3.63, 3.8) is 0 Å². The van der Waals surface area contributed by atoms with Gasteiger partial charge < -0.3 is 15.6 Å². The van der Waals surface area contributed by atoms with Gasteiger partial charge in [0.2, 0.25) is 5.91 Å². The summed E-state index contributed by atoms with van der Waals surface area (Å²) < 4.78 is 2.16. The molecular formula is C13H22N4O. The van der Waals surface area contributed by atoms with Crippen LogP contribution in [0.4, 0.5) is 0 Å². The molecule has 1 amide bonds. The summed E-state index contributed by atoms with van der Waals surface area (Å²) >= 11 is 0. The highest BCUT2D eigenvalue weighted by molar-refractivity contribution is 5.77. The highest BCUT2D eigenvalue weighted by Gasteiger charge is 2.30. The van der Waals surface area contributed by atoms with Crippen molar-refractivity contribution < 1.29 is 4.79 Å². The molecule has 5 heteroatoms. The van der Waals surface area contributed by atoms with Gasteiger partial charge >= 0.3 is 0 Å². The van der Waals surface area contributed by atoms with Gasteiger partial charge in [-0.3, -0.25) is 4.79 Å². The average molecular weight is 250 g/mol. The van der Waals surface area contributed by atoms with Crippen LogP contribution in [-0.4, -0.2) is 28.0 Å². The van der Waals surface area contributed by atoms with Gasteiger partial charge in [0, 0.05) is 31.4 Å². The van der Waals surface area contributed by atoms with E-state index in [0.717, 1.165) is 44.6 Å². The molecule has 1 aromatic rings. The Balaban J connectivity index is 2.06. The number of nitrogens with two attached hydrogens (primary N) is 1. The number of primary amides is 1. The van der Waals surface area contributed by atoms with Crippen LogP contribution in [-0.2, 0) is 17.8 Å². The van der Waals surface area contributed by atoms with E-state index in [0.29, 0.717) is 0 Å². The lowest BCUT2D eigenvalue weighted by Gasteiger charge is -2.30. The number of rotatable bonds is 5. The summed E-state index contributed by atoms with van der Waals surface area (Å²) in [5.74, 6) is 0.786. The molecule has 2 atom stereocenters. The first kappa shape index (κ1) is 13.1. The van der Waals surface area contributed by atoms with Crippen LogP contribution in [0.25, 0.3) is 0 Å². The van der Waals surface area contributed by atoms with Gasteiger partial charge in [-0.15, -0.1) is 0 Å². The summed E-state index contributed by atoms with van der Waals surface area (Å²) in [4.78, 5) is 15.9. The molecule has 2 unspecified atom stereocenters. The summed E-state index contributed by atoms with van der Waals surface area (Å²) in [6.45, 7) is 4.08. The highest BCUT2D eigenvalue weighted by Crippen LogP contribution is 2.19. The van der Waals surface area contributed by atoms with E-state index < -0.39 is 0 Å². The molecule has 1 aromatic heterocycles. The fraction of sp³-hybridized carbons (Fsp3) is 0.692. The minimum atomic E-state index is -0.194. The zero-order valence-electron chi connectivity index (χ0n) is 10.9. The van der Waals surface area contributed by atoms with Gasteiger partial charge in [0.25, 0.3) is 0 Å². The van der Waals surface area contributed by atoms with Crippen molar-refractivity contribution in [2.45, 2.75) is 45.2 Å². The normalized spacial score (nSPS) is 24.1. The van der Waals surface area contributed by atoms with Crippen molar-refractivity contribution >= 4 is 5.91 Å². The molecule has 3 N–H and O–H groups in total. The van der Waals surface area contributed by atoms with Crippen LogP contribution < -0.4 is 11.1 Å². The maximum absolute atomic E-state index is 11.5. The Morgan fingerprint density at radius 1 is 1.67 bits per heavy atom. The number of carbonyl (C=O) groups is 1. The topological polar surface area (TPSA) is 72.9 Å². The summed E-state index contributed by atoms with van der Waals surface area (Å²) in [6.07, 6.45) is 7.60. The average Bonchev–Trinajstić information content (AvgIpc) is 2.78. The first-order valence-corrected chi connectivity index (χ1v) is 6.75. The quantitative estimate of drug-likeness (QED) is 0.807. The lowest BCUT2D eigenvalue weighted by molar-refractivity contribution is -0.123. The maximum Gasteiger partial charge on any atom is 0.222 e. The van der Waals surface area contributed by atoms with Gasteiger partial charge in [-0.1, -0.05) is 6.92 Å². The summed E-state index contributed by atoms with van der Waals surface area (Å²) in [5, 5.41) is 3.40. The number of nitrogens with zero attached hydrogens (tertiary/aromatic N) is 2. The number of imidazole rings is 1. The Hall–Kier alpha value is -1.36. The highest BCUT2D eigenvalue weighted by atomic mass is 16.1. The molecule has 2 heterocycles. The van der Waals surface area contributed by atoms with E-state index in [4.69, 9.17) is 5.73 Å². The maximum atomic E-state index is 11.5. The lowest BCUT2D eigenvalue weighted by Crippen LogP contribution is -2.48. The van der Waals surface area contributed by atoms with Crippen LogP contribution in [0, 0.1) is 5.92 Å². The minimum absolute atomic E-state index is 0.0643. The SMILES string of the molecule is CCCn1ccnc1CC1NCCCC1C(N)=O. The van der Waals surface area contributed by atoms with E-state index in [1.165, 1.54) is 0 Å². The molecule has 1 aliphatic heterocycles. The van der Waals surface area contributed by atoms with E-state index >= 15 is 0 Å². The van der Waals surface area contributed by atoms with Gasteiger partial charge in [0.1, 0.15) is 5.82 Å². The Bertz CT molecular complexity index is 401. The van der Waals surface area contributed by atoms with Crippen molar-refractivity contribution in [1.82, 2.24) is 14.9 Å². The van der Waals surface area contributed by atoms with E-state index in [9.17, 15) is 4.79 Å². The lowest BCUT2D eigenvalue weighted by atomic mass is 9.88. The first-order chi connectivity index (χ1) is 8.72. The molecule has 0 bridgehead atoms. The molecule has 2 rings (SSSR count). The molecule has 0 aromatic carbocycles. The fourth-order valence-electron chi connectivity index (χ4n) is 2.68. The van der Waals surface area contributed by atoms with Gasteiger partial charge in [-0.05, 0) is 25.8 Å². The Morgan fingerprint density at radius 2 is 2.50 bits per heavy atom. The molecule has 1 aliphatic rings. The largest absolute Gasteiger partial charge is 0.369 e. The monoisotopic (exact) mass is 250 g/mol. The van der Waals surface area contributed by atoms with Crippen molar-refractivity contribution in [2.75, 3.05) is 6.54 Å². The Morgan fingerprint density at radius 3 is 3.22 bits per heavy atom. The van der Waals surface area contributed by atoms with E-state index in [2.05, 4.69) is 21.8 Å². The van der Waals surface area contributed by atoms with Crippen LogP contribution in [0.1, 0.15) is 32.0 Å². The third-order valence-corrected chi connectivity index (χ3v) is 3.62. The van der Waals surface area contributed by atoms with Gasteiger partial charge in [0.05, 0.1) is 5.92 Å². The van der Waals surface area contributed by atoms with Gasteiger partial charge in [0.15, 0.2) is 0 Å². The van der Waals surface area contributed by atoms with Gasteiger partial charge in [-0.2, -0.15) is 0 Å². The predicted octanol–water partition coefficient (Wildman–Crippen LogP) is 0.689. The van der Waals surface area contributed by atoms with Crippen LogP contribution >= 0.6 is 0 Å². The molecule has 1 saturated heterocycles. The van der Waals surface area contributed by atoms with Gasteiger partial charge in [-0.25, -0.2) is 4.98 Å². The third kappa shape index (κ3) is 2.90. The molecular weight excluding hydrogens is 228 g/mol. The number of hydrogen-bond donors (Lipinski definition) is 2. The third-order valence-electron chi connectivity index (χ3n) is 3.62. The van der Waals surface area contributed by atoms with Crippen molar-refractivity contribution in [3.05, 3.63) is 18.2 Å². The predicted molar refractivity (Wildman–Crippen MR) is 69.9 cm³/mol. The second kappa shape index (κ2) is 6.00. The molecule has 100 valence electrons.